The standard InChI is InChI=1S/C14H20N2/c1-10-8-12(16(3)4)9-11-6-5-7-13(15-2)14(10)11/h5-7,12,15H,1,8-9H2,2-4H3. The molecular weight excluding hydrogens is 196 g/mol. The molecule has 86 valence electrons. The van der Waals surface area contributed by atoms with Crippen molar-refractivity contribution >= 4 is 11.3 Å². The van der Waals surface area contributed by atoms with Crippen LogP contribution < -0.4 is 5.32 Å². The van der Waals surface area contributed by atoms with Crippen LogP contribution in [0.5, 0.6) is 0 Å². The number of nitrogens with one attached hydrogen (secondary N) is 1. The minimum Gasteiger partial charge on any atom is -0.388 e. The lowest BCUT2D eigenvalue weighted by molar-refractivity contribution is 0.292. The summed E-state index contributed by atoms with van der Waals surface area (Å²) in [5.74, 6) is 0. The largest absolute Gasteiger partial charge is 0.388 e. The molecule has 0 amide bonds. The number of likely N-dealkylation sites (N-methyl/N-ethyl adjacent to an activating group) is 1. The van der Waals surface area contributed by atoms with Crippen LogP contribution in [0.15, 0.2) is 24.8 Å². The number of hydrogen-bond acceptors (Lipinski definition) is 2. The molecule has 1 N–H and O–H groups in total. The van der Waals surface area contributed by atoms with Gasteiger partial charge in [0.25, 0.3) is 0 Å². The zero-order valence-corrected chi connectivity index (χ0v) is 10.4. The van der Waals surface area contributed by atoms with Gasteiger partial charge in [0.05, 0.1) is 0 Å². The predicted octanol–water partition coefficient (Wildman–Crippen LogP) is 2.62. The van der Waals surface area contributed by atoms with Gasteiger partial charge >= 0.3 is 0 Å². The van der Waals surface area contributed by atoms with Gasteiger partial charge in [0, 0.05) is 24.3 Å². The molecule has 0 radical (unpaired) electrons. The quantitative estimate of drug-likeness (QED) is 0.817. The van der Waals surface area contributed by atoms with E-state index in [9.17, 15) is 0 Å². The Hall–Kier alpha value is -1.28. The Balaban J connectivity index is 2.41. The molecule has 2 nitrogen and oxygen atoms in total. The van der Waals surface area contributed by atoms with Crippen LogP contribution in [0.3, 0.4) is 0 Å². The smallest absolute Gasteiger partial charge is 0.0416 e. The van der Waals surface area contributed by atoms with Crippen molar-refractivity contribution in [3.8, 4) is 0 Å². The Morgan fingerprint density at radius 1 is 1.31 bits per heavy atom. The first kappa shape index (κ1) is 11.2. The van der Waals surface area contributed by atoms with Gasteiger partial charge in [0.2, 0.25) is 0 Å². The van der Waals surface area contributed by atoms with Crippen molar-refractivity contribution < 1.29 is 0 Å². The summed E-state index contributed by atoms with van der Waals surface area (Å²) in [4.78, 5) is 2.29. The summed E-state index contributed by atoms with van der Waals surface area (Å²) in [6.07, 6.45) is 2.19. The van der Waals surface area contributed by atoms with Crippen molar-refractivity contribution in [1.29, 1.82) is 0 Å². The Bertz CT molecular complexity index is 407. The van der Waals surface area contributed by atoms with Gasteiger partial charge in [-0.1, -0.05) is 18.7 Å². The zero-order valence-electron chi connectivity index (χ0n) is 10.4. The third-order valence-corrected chi connectivity index (χ3v) is 3.44. The average molecular weight is 216 g/mol. The molecule has 1 atom stereocenters. The van der Waals surface area contributed by atoms with Crippen LogP contribution >= 0.6 is 0 Å². The molecule has 1 unspecified atom stereocenters. The van der Waals surface area contributed by atoms with E-state index in [2.05, 4.69) is 49.1 Å². The van der Waals surface area contributed by atoms with Crippen LogP contribution in [-0.2, 0) is 6.42 Å². The highest BCUT2D eigenvalue weighted by Crippen LogP contribution is 2.35. The Kier molecular flexibility index (Phi) is 3.01. The van der Waals surface area contributed by atoms with E-state index < -0.39 is 0 Å². The Labute approximate surface area is 98.0 Å². The molecule has 1 aromatic rings. The molecule has 16 heavy (non-hydrogen) atoms. The van der Waals surface area contributed by atoms with E-state index in [0.29, 0.717) is 6.04 Å². The van der Waals surface area contributed by atoms with Crippen LogP contribution in [0, 0.1) is 0 Å². The first-order valence-corrected chi connectivity index (χ1v) is 5.77. The molecule has 1 aliphatic carbocycles. The lowest BCUT2D eigenvalue weighted by Crippen LogP contribution is -2.33. The van der Waals surface area contributed by atoms with Gasteiger partial charge in [-0.25, -0.2) is 0 Å². The van der Waals surface area contributed by atoms with Gasteiger partial charge in [-0.15, -0.1) is 0 Å². The summed E-state index contributed by atoms with van der Waals surface area (Å²) in [5.41, 5.74) is 5.22. The molecule has 1 aliphatic rings. The fourth-order valence-electron chi connectivity index (χ4n) is 2.47. The van der Waals surface area contributed by atoms with Gasteiger partial charge in [-0.2, -0.15) is 0 Å². The Morgan fingerprint density at radius 3 is 2.69 bits per heavy atom. The zero-order chi connectivity index (χ0) is 11.7. The van der Waals surface area contributed by atoms with Gasteiger partial charge in [-0.3, -0.25) is 0 Å². The number of fused-ring (bicyclic) bond motifs is 1. The van der Waals surface area contributed by atoms with E-state index in [1.54, 1.807) is 0 Å². The summed E-state index contributed by atoms with van der Waals surface area (Å²) in [6.45, 7) is 4.23. The van der Waals surface area contributed by atoms with E-state index in [-0.39, 0.29) is 0 Å². The number of hydrogen-bond donors (Lipinski definition) is 1. The van der Waals surface area contributed by atoms with Crippen molar-refractivity contribution in [1.82, 2.24) is 4.90 Å². The lowest BCUT2D eigenvalue weighted by atomic mass is 9.83. The molecule has 2 heteroatoms. The molecule has 0 spiro atoms. The molecule has 0 saturated carbocycles. The van der Waals surface area contributed by atoms with Crippen molar-refractivity contribution in [2.45, 2.75) is 18.9 Å². The fraction of sp³-hybridized carbons (Fsp3) is 0.429. The maximum atomic E-state index is 4.23. The number of benzene rings is 1. The average Bonchev–Trinajstić information content (AvgIpc) is 2.27. The van der Waals surface area contributed by atoms with Crippen LogP contribution in [0.2, 0.25) is 0 Å². The van der Waals surface area contributed by atoms with Crippen LogP contribution in [-0.4, -0.2) is 32.1 Å². The van der Waals surface area contributed by atoms with Crippen LogP contribution in [0.1, 0.15) is 17.5 Å². The minimum atomic E-state index is 0.590. The van der Waals surface area contributed by atoms with E-state index in [4.69, 9.17) is 0 Å². The normalized spacial score (nSPS) is 19.8. The second-order valence-electron chi connectivity index (χ2n) is 4.72. The summed E-state index contributed by atoms with van der Waals surface area (Å²) in [7, 11) is 6.26. The maximum Gasteiger partial charge on any atom is 0.0416 e. The molecule has 0 aromatic heterocycles. The van der Waals surface area contributed by atoms with E-state index in [1.165, 1.54) is 22.4 Å². The first-order chi connectivity index (χ1) is 7.63. The molecule has 0 aliphatic heterocycles. The maximum absolute atomic E-state index is 4.23. The second-order valence-corrected chi connectivity index (χ2v) is 4.72. The minimum absolute atomic E-state index is 0.590. The van der Waals surface area contributed by atoms with Gasteiger partial charge in [0.1, 0.15) is 0 Å². The van der Waals surface area contributed by atoms with Gasteiger partial charge < -0.3 is 10.2 Å². The second kappa shape index (κ2) is 4.30. The molecule has 1 aromatic carbocycles. The predicted molar refractivity (Wildman–Crippen MR) is 70.8 cm³/mol. The molecule has 2 rings (SSSR count). The molecule has 0 heterocycles. The van der Waals surface area contributed by atoms with E-state index >= 15 is 0 Å². The summed E-state index contributed by atoms with van der Waals surface area (Å²) < 4.78 is 0. The lowest BCUT2D eigenvalue weighted by Gasteiger charge is -2.32. The van der Waals surface area contributed by atoms with E-state index in [0.717, 1.165) is 12.8 Å². The van der Waals surface area contributed by atoms with Crippen LogP contribution in [0.4, 0.5) is 5.69 Å². The molecule has 0 bridgehead atoms. The van der Waals surface area contributed by atoms with Crippen LogP contribution in [0.25, 0.3) is 5.57 Å². The SMILES string of the molecule is C=C1CC(N(C)C)Cc2cccc(NC)c21. The number of nitrogens with zero attached hydrogens (tertiary/aromatic N) is 1. The molecule has 0 saturated heterocycles. The van der Waals surface area contributed by atoms with Crippen molar-refractivity contribution in [2.24, 2.45) is 0 Å². The summed E-state index contributed by atoms with van der Waals surface area (Å²) in [6, 6.07) is 7.06. The van der Waals surface area contributed by atoms with Gasteiger partial charge in [0.15, 0.2) is 0 Å². The topological polar surface area (TPSA) is 15.3 Å². The highest BCUT2D eigenvalue weighted by Gasteiger charge is 2.24. The summed E-state index contributed by atoms with van der Waals surface area (Å²) >= 11 is 0. The molecular formula is C14H20N2. The third kappa shape index (κ3) is 1.85. The third-order valence-electron chi connectivity index (χ3n) is 3.44. The number of anilines is 1. The highest BCUT2D eigenvalue weighted by molar-refractivity contribution is 5.79. The van der Waals surface area contributed by atoms with Crippen molar-refractivity contribution in [3.05, 3.63) is 35.9 Å². The number of rotatable bonds is 2. The monoisotopic (exact) mass is 216 g/mol. The fourth-order valence-corrected chi connectivity index (χ4v) is 2.47. The Morgan fingerprint density at radius 2 is 2.06 bits per heavy atom. The van der Waals surface area contributed by atoms with E-state index in [1.807, 2.05) is 7.05 Å². The molecule has 0 fully saturated rings. The first-order valence-electron chi connectivity index (χ1n) is 5.77. The van der Waals surface area contributed by atoms with Gasteiger partial charge in [-0.05, 0) is 44.1 Å². The van der Waals surface area contributed by atoms with Crippen molar-refractivity contribution in [3.63, 3.8) is 0 Å². The van der Waals surface area contributed by atoms with Crippen molar-refractivity contribution in [2.75, 3.05) is 26.5 Å². The highest BCUT2D eigenvalue weighted by atomic mass is 15.1. The summed E-state index contributed by atoms with van der Waals surface area (Å²) in [5, 5.41) is 3.26.